The summed E-state index contributed by atoms with van der Waals surface area (Å²) in [7, 11) is 1.36. The topological polar surface area (TPSA) is 115 Å². The number of imidazole rings is 1. The Kier molecular flexibility index (Phi) is 4.97. The monoisotopic (exact) mass is 355 g/mol. The van der Waals surface area contributed by atoms with E-state index in [2.05, 4.69) is 20.5 Å². The Bertz CT molecular complexity index is 934. The summed E-state index contributed by atoms with van der Waals surface area (Å²) in [5.41, 5.74) is 4.76. The molecular formula is C17H17N5O4. The number of H-pyrrole nitrogens is 1. The average molecular weight is 355 g/mol. The zero-order valence-electron chi connectivity index (χ0n) is 14.2. The number of anilines is 1. The van der Waals surface area contributed by atoms with E-state index in [1.54, 1.807) is 13.0 Å². The third kappa shape index (κ3) is 3.56. The third-order valence-corrected chi connectivity index (χ3v) is 3.53. The molecule has 9 heteroatoms. The van der Waals surface area contributed by atoms with Crippen LogP contribution in [-0.4, -0.2) is 34.8 Å². The van der Waals surface area contributed by atoms with E-state index in [1.807, 2.05) is 24.3 Å². The lowest BCUT2D eigenvalue weighted by molar-refractivity contribution is -0.385. The van der Waals surface area contributed by atoms with E-state index in [0.717, 1.165) is 11.0 Å². The maximum atomic E-state index is 11.3. The van der Waals surface area contributed by atoms with E-state index in [0.29, 0.717) is 18.1 Å². The molecule has 2 N–H and O–H groups in total. The third-order valence-electron chi connectivity index (χ3n) is 3.53. The van der Waals surface area contributed by atoms with Crippen LogP contribution >= 0.6 is 0 Å². The zero-order valence-corrected chi connectivity index (χ0v) is 14.2. The molecule has 0 saturated heterocycles. The minimum Gasteiger partial charge on any atom is -0.490 e. The maximum absolute atomic E-state index is 11.3. The molecule has 3 rings (SSSR count). The van der Waals surface area contributed by atoms with Gasteiger partial charge in [-0.3, -0.25) is 10.1 Å². The second-order valence-electron chi connectivity index (χ2n) is 5.23. The summed E-state index contributed by atoms with van der Waals surface area (Å²) in [6.07, 6.45) is 1.45. The van der Waals surface area contributed by atoms with E-state index in [1.165, 1.54) is 19.4 Å². The van der Waals surface area contributed by atoms with Gasteiger partial charge in [-0.15, -0.1) is 0 Å². The van der Waals surface area contributed by atoms with Gasteiger partial charge in [0.15, 0.2) is 5.75 Å². The maximum Gasteiger partial charge on any atom is 0.315 e. The van der Waals surface area contributed by atoms with Crippen molar-refractivity contribution >= 4 is 28.9 Å². The molecule has 0 radical (unpaired) electrons. The number of rotatable bonds is 7. The van der Waals surface area contributed by atoms with Crippen LogP contribution < -0.4 is 14.9 Å². The second-order valence-corrected chi connectivity index (χ2v) is 5.23. The predicted octanol–water partition coefficient (Wildman–Crippen LogP) is 3.32. The van der Waals surface area contributed by atoms with Crippen LogP contribution in [0.25, 0.3) is 11.0 Å². The first-order valence-corrected chi connectivity index (χ1v) is 7.85. The molecule has 0 atom stereocenters. The van der Waals surface area contributed by atoms with Crippen LogP contribution in [0.3, 0.4) is 0 Å². The van der Waals surface area contributed by atoms with E-state index in [-0.39, 0.29) is 17.2 Å². The van der Waals surface area contributed by atoms with E-state index < -0.39 is 4.92 Å². The van der Waals surface area contributed by atoms with Gasteiger partial charge < -0.3 is 14.5 Å². The van der Waals surface area contributed by atoms with Gasteiger partial charge in [0, 0.05) is 11.6 Å². The lowest BCUT2D eigenvalue weighted by Crippen LogP contribution is -2.01. The van der Waals surface area contributed by atoms with Gasteiger partial charge in [0.1, 0.15) is 0 Å². The number of hydrogen-bond donors (Lipinski definition) is 2. The van der Waals surface area contributed by atoms with Gasteiger partial charge in [-0.25, -0.2) is 10.4 Å². The molecule has 26 heavy (non-hydrogen) atoms. The van der Waals surface area contributed by atoms with E-state index in [4.69, 9.17) is 9.47 Å². The van der Waals surface area contributed by atoms with Gasteiger partial charge in [0.25, 0.3) is 0 Å². The quantitative estimate of drug-likeness (QED) is 0.382. The van der Waals surface area contributed by atoms with Crippen molar-refractivity contribution in [3.63, 3.8) is 0 Å². The number of aromatic amines is 1. The lowest BCUT2D eigenvalue weighted by Gasteiger charge is -2.10. The highest BCUT2D eigenvalue weighted by Crippen LogP contribution is 2.37. The summed E-state index contributed by atoms with van der Waals surface area (Å²) < 4.78 is 10.5. The molecule has 0 aliphatic heterocycles. The van der Waals surface area contributed by atoms with E-state index in [9.17, 15) is 10.1 Å². The van der Waals surface area contributed by atoms with Crippen LogP contribution in [-0.2, 0) is 0 Å². The fourth-order valence-electron chi connectivity index (χ4n) is 2.46. The van der Waals surface area contributed by atoms with Crippen molar-refractivity contribution in [2.75, 3.05) is 19.1 Å². The molecule has 0 amide bonds. The molecule has 134 valence electrons. The van der Waals surface area contributed by atoms with Gasteiger partial charge in [-0.2, -0.15) is 5.10 Å². The van der Waals surface area contributed by atoms with Gasteiger partial charge in [0.2, 0.25) is 11.7 Å². The second kappa shape index (κ2) is 7.51. The largest absolute Gasteiger partial charge is 0.490 e. The Hall–Kier alpha value is -3.62. The Morgan fingerprint density at radius 3 is 2.88 bits per heavy atom. The fraction of sp³-hybridized carbons (Fsp3) is 0.176. The highest BCUT2D eigenvalue weighted by Gasteiger charge is 2.21. The molecule has 0 aliphatic rings. The molecule has 0 aliphatic carbocycles. The van der Waals surface area contributed by atoms with Crippen LogP contribution in [0, 0.1) is 10.1 Å². The molecule has 0 spiro atoms. The number of nitro benzene ring substituents is 1. The number of fused-ring (bicyclic) bond motifs is 1. The van der Waals surface area contributed by atoms with Crippen molar-refractivity contribution in [1.29, 1.82) is 0 Å². The number of nitrogens with one attached hydrogen (secondary N) is 2. The molecule has 0 fully saturated rings. The lowest BCUT2D eigenvalue weighted by atomic mass is 10.2. The first-order valence-electron chi connectivity index (χ1n) is 7.85. The summed E-state index contributed by atoms with van der Waals surface area (Å²) >= 11 is 0. The summed E-state index contributed by atoms with van der Waals surface area (Å²) in [5.74, 6) is 0.837. The first kappa shape index (κ1) is 17.2. The van der Waals surface area contributed by atoms with Gasteiger partial charge in [0.05, 0.1) is 35.9 Å². The zero-order chi connectivity index (χ0) is 18.5. The normalized spacial score (nSPS) is 11.0. The number of hydrogen-bond acceptors (Lipinski definition) is 7. The number of aromatic nitrogens is 2. The summed E-state index contributed by atoms with van der Waals surface area (Å²) in [4.78, 5) is 18.2. The van der Waals surface area contributed by atoms with Gasteiger partial charge in [-0.05, 0) is 25.1 Å². The number of benzene rings is 2. The summed E-state index contributed by atoms with van der Waals surface area (Å²) in [6.45, 7) is 2.14. The summed E-state index contributed by atoms with van der Waals surface area (Å²) in [6, 6.07) is 10.6. The number of methoxy groups -OCH3 is 1. The van der Waals surface area contributed by atoms with Crippen LogP contribution in [0.4, 0.5) is 11.6 Å². The van der Waals surface area contributed by atoms with Crippen molar-refractivity contribution in [2.45, 2.75) is 6.92 Å². The molecule has 0 bridgehead atoms. The molecule has 3 aromatic rings. The standard InChI is InChI=1S/C17H17N5O4/c1-3-26-15-9-11(8-14(22(23)24)16(15)25-2)10-18-21-17-19-12-6-4-5-7-13(12)20-17/h4-10H,3H2,1-2H3,(H2,19,20,21)/b18-10-. The molecule has 2 aromatic carbocycles. The molecule has 0 saturated carbocycles. The molecule has 9 nitrogen and oxygen atoms in total. The minimum atomic E-state index is -0.522. The van der Waals surface area contributed by atoms with Crippen LogP contribution in [0.15, 0.2) is 41.5 Å². The van der Waals surface area contributed by atoms with Crippen molar-refractivity contribution in [3.8, 4) is 11.5 Å². The Balaban J connectivity index is 1.85. The Morgan fingerprint density at radius 2 is 2.19 bits per heavy atom. The first-order chi connectivity index (χ1) is 12.6. The number of nitro groups is 1. The number of ether oxygens (including phenoxy) is 2. The van der Waals surface area contributed by atoms with E-state index >= 15 is 0 Å². The number of hydrazone groups is 1. The van der Waals surface area contributed by atoms with Crippen molar-refractivity contribution < 1.29 is 14.4 Å². The smallest absolute Gasteiger partial charge is 0.315 e. The fourth-order valence-corrected chi connectivity index (χ4v) is 2.46. The van der Waals surface area contributed by atoms with Gasteiger partial charge in [-0.1, -0.05) is 12.1 Å². The highest BCUT2D eigenvalue weighted by molar-refractivity contribution is 5.84. The molecule has 0 unspecified atom stereocenters. The average Bonchev–Trinajstić information content (AvgIpc) is 3.04. The number of nitrogens with zero attached hydrogens (tertiary/aromatic N) is 3. The van der Waals surface area contributed by atoms with Crippen molar-refractivity contribution in [3.05, 3.63) is 52.1 Å². The van der Waals surface area contributed by atoms with Gasteiger partial charge >= 0.3 is 5.69 Å². The summed E-state index contributed by atoms with van der Waals surface area (Å²) in [5, 5.41) is 15.4. The van der Waals surface area contributed by atoms with Crippen LogP contribution in [0.5, 0.6) is 11.5 Å². The van der Waals surface area contributed by atoms with Crippen LogP contribution in [0.2, 0.25) is 0 Å². The SMILES string of the molecule is CCOc1cc(/C=N\Nc2nc3ccccc3[nH]2)cc([N+](=O)[O-])c1OC. The highest BCUT2D eigenvalue weighted by atomic mass is 16.6. The van der Waals surface area contributed by atoms with Crippen LogP contribution in [0.1, 0.15) is 12.5 Å². The molecule has 1 aromatic heterocycles. The minimum absolute atomic E-state index is 0.0826. The molecular weight excluding hydrogens is 338 g/mol. The Morgan fingerprint density at radius 1 is 1.38 bits per heavy atom. The number of para-hydroxylation sites is 2. The molecule has 1 heterocycles. The predicted molar refractivity (Wildman–Crippen MR) is 98.1 cm³/mol. The van der Waals surface area contributed by atoms with Crippen molar-refractivity contribution in [2.24, 2.45) is 5.10 Å². The van der Waals surface area contributed by atoms with Crippen molar-refractivity contribution in [1.82, 2.24) is 9.97 Å². The Labute approximate surface area is 148 Å².